The number of hydrogen-bond donors (Lipinski definition) is 3. The summed E-state index contributed by atoms with van der Waals surface area (Å²) in [4.78, 5) is 47.9. The van der Waals surface area contributed by atoms with Crippen LogP contribution >= 0.6 is 0 Å². The van der Waals surface area contributed by atoms with E-state index >= 15 is 0 Å². The number of anilines is 3. The molecule has 2 aliphatic carbocycles. The number of imide groups is 1. The van der Waals surface area contributed by atoms with Gasteiger partial charge in [0.25, 0.3) is 0 Å². The standard InChI is InChI=1S/C32H32F3N7O7/c1-15-11-18-17(7-8-20(24(18)47-15)38-27(43)39-22-12-21(49-40-22)31(9-10-31)32(33,34)35)19-13-41(16-5-6-16)25-23(19)26(37-14-36-25)42(28(44)45)29(46)48-30(2,3)4/h7-8,12-16H,5-6,9-11H2,1-4H3,(H,44,45)(H2,38,39,40,43). The molecular weight excluding hydrogens is 651 g/mol. The minimum absolute atomic E-state index is 0.117. The third-order valence-corrected chi connectivity index (χ3v) is 8.63. The van der Waals surface area contributed by atoms with Gasteiger partial charge in [-0.05, 0) is 65.0 Å². The van der Waals surface area contributed by atoms with Crippen molar-refractivity contribution in [3.05, 3.63) is 42.0 Å². The Kier molecular flexibility index (Phi) is 7.29. The van der Waals surface area contributed by atoms with Crippen molar-refractivity contribution in [1.82, 2.24) is 19.7 Å². The number of carboxylic acid groups (broad SMARTS) is 1. The number of nitrogens with zero attached hydrogens (tertiary/aromatic N) is 5. The molecule has 1 atom stereocenters. The molecule has 0 radical (unpaired) electrons. The Hall–Kier alpha value is -5.35. The first-order chi connectivity index (χ1) is 23.1. The summed E-state index contributed by atoms with van der Waals surface area (Å²) in [6.45, 7) is 6.71. The number of hydrogen-bond acceptors (Lipinski definition) is 9. The zero-order chi connectivity index (χ0) is 35.0. The zero-order valence-electron chi connectivity index (χ0n) is 26.8. The molecule has 14 nitrogen and oxygen atoms in total. The van der Waals surface area contributed by atoms with Crippen molar-refractivity contribution >= 4 is 46.6 Å². The lowest BCUT2D eigenvalue weighted by atomic mass is 9.96. The molecule has 4 aromatic rings. The first-order valence-corrected chi connectivity index (χ1v) is 15.6. The van der Waals surface area contributed by atoms with Crippen LogP contribution in [0.4, 0.5) is 44.9 Å². The Morgan fingerprint density at radius 1 is 1.10 bits per heavy atom. The monoisotopic (exact) mass is 683 g/mol. The van der Waals surface area contributed by atoms with Gasteiger partial charge >= 0.3 is 24.4 Å². The lowest BCUT2D eigenvalue weighted by molar-refractivity contribution is -0.165. The van der Waals surface area contributed by atoms with E-state index in [2.05, 4.69) is 25.8 Å². The Labute approximate surface area is 276 Å². The third-order valence-electron chi connectivity index (χ3n) is 8.63. The van der Waals surface area contributed by atoms with E-state index in [1.54, 1.807) is 32.9 Å². The number of rotatable bonds is 6. The largest absolute Gasteiger partial charge is 0.488 e. The van der Waals surface area contributed by atoms with Crippen molar-refractivity contribution in [2.45, 2.75) is 89.1 Å². The minimum atomic E-state index is -4.50. The summed E-state index contributed by atoms with van der Waals surface area (Å²) in [6, 6.07) is 3.72. The summed E-state index contributed by atoms with van der Waals surface area (Å²) in [5, 5.41) is 19.2. The molecule has 258 valence electrons. The fourth-order valence-corrected chi connectivity index (χ4v) is 6.11. The number of alkyl halides is 3. The minimum Gasteiger partial charge on any atom is -0.488 e. The van der Waals surface area contributed by atoms with Gasteiger partial charge in [0.05, 0.1) is 11.1 Å². The number of carbonyl (C=O) groups is 3. The predicted octanol–water partition coefficient (Wildman–Crippen LogP) is 7.40. The van der Waals surface area contributed by atoms with Gasteiger partial charge in [-0.15, -0.1) is 0 Å². The Bertz CT molecular complexity index is 2010. The fraction of sp³-hybridized carbons (Fsp3) is 0.438. The second-order valence-corrected chi connectivity index (χ2v) is 13.5. The van der Waals surface area contributed by atoms with Crippen molar-refractivity contribution in [3.8, 4) is 16.9 Å². The Morgan fingerprint density at radius 3 is 2.47 bits per heavy atom. The molecule has 3 aromatic heterocycles. The lowest BCUT2D eigenvalue weighted by Crippen LogP contribution is -2.40. The van der Waals surface area contributed by atoms with Crippen LogP contribution in [0.15, 0.2) is 35.2 Å². The van der Waals surface area contributed by atoms with E-state index in [1.807, 2.05) is 17.7 Å². The fourth-order valence-electron chi connectivity index (χ4n) is 6.11. The zero-order valence-corrected chi connectivity index (χ0v) is 26.8. The molecule has 2 fully saturated rings. The van der Waals surface area contributed by atoms with Gasteiger partial charge in [-0.3, -0.25) is 5.32 Å². The molecule has 1 aliphatic heterocycles. The highest BCUT2D eigenvalue weighted by atomic mass is 19.4. The van der Waals surface area contributed by atoms with Gasteiger partial charge in [0.2, 0.25) is 0 Å². The molecule has 3 aliphatic rings. The molecule has 1 aromatic carbocycles. The highest BCUT2D eigenvalue weighted by Crippen LogP contribution is 2.59. The summed E-state index contributed by atoms with van der Waals surface area (Å²) >= 11 is 0. The molecule has 4 heterocycles. The number of aromatic nitrogens is 4. The molecule has 3 N–H and O–H groups in total. The summed E-state index contributed by atoms with van der Waals surface area (Å²) in [5.41, 5.74) is -0.472. The highest BCUT2D eigenvalue weighted by Gasteiger charge is 2.67. The number of nitrogens with one attached hydrogen (secondary N) is 2. The number of halogens is 3. The van der Waals surface area contributed by atoms with Crippen LogP contribution in [-0.2, 0) is 16.6 Å². The van der Waals surface area contributed by atoms with E-state index in [9.17, 15) is 32.7 Å². The molecule has 0 bridgehead atoms. The second-order valence-electron chi connectivity index (χ2n) is 13.5. The van der Waals surface area contributed by atoms with Crippen molar-refractivity contribution in [2.75, 3.05) is 15.5 Å². The maximum atomic E-state index is 13.5. The number of benzene rings is 1. The van der Waals surface area contributed by atoms with E-state index in [1.165, 1.54) is 6.33 Å². The maximum absolute atomic E-state index is 13.5. The van der Waals surface area contributed by atoms with Crippen LogP contribution in [0.3, 0.4) is 0 Å². The molecule has 4 amide bonds. The van der Waals surface area contributed by atoms with Crippen molar-refractivity contribution < 1.29 is 46.7 Å². The topological polar surface area (TPSA) is 174 Å². The van der Waals surface area contributed by atoms with Gasteiger partial charge in [0.1, 0.15) is 34.8 Å². The molecule has 1 unspecified atom stereocenters. The molecular formula is C32H32F3N7O7. The average Bonchev–Trinajstić information content (AvgIpc) is 3.88. The molecule has 2 saturated carbocycles. The summed E-state index contributed by atoms with van der Waals surface area (Å²) in [7, 11) is 0. The van der Waals surface area contributed by atoms with Crippen LogP contribution in [0, 0.1) is 0 Å². The van der Waals surface area contributed by atoms with Gasteiger partial charge in [0, 0.05) is 35.9 Å². The Morgan fingerprint density at radius 2 is 1.84 bits per heavy atom. The SMILES string of the molecule is CC1Cc2c(-c3cn(C4CC4)c4ncnc(N(C(=O)O)C(=O)OC(C)(C)C)c34)ccc(NC(=O)Nc3cc(C4(C(F)(F)F)CC4)on3)c2O1. The summed E-state index contributed by atoms with van der Waals surface area (Å²) in [5.74, 6) is -0.365. The van der Waals surface area contributed by atoms with Crippen LogP contribution in [0.5, 0.6) is 5.75 Å². The molecule has 0 spiro atoms. The molecule has 7 rings (SSSR count). The van der Waals surface area contributed by atoms with Gasteiger partial charge < -0.3 is 29.0 Å². The first-order valence-electron chi connectivity index (χ1n) is 15.6. The number of urea groups is 1. The smallest absolute Gasteiger partial charge is 0.425 e. The maximum Gasteiger partial charge on any atom is 0.425 e. The second kappa shape index (κ2) is 11.1. The lowest BCUT2D eigenvalue weighted by Gasteiger charge is -2.24. The quantitative estimate of drug-likeness (QED) is 0.186. The summed E-state index contributed by atoms with van der Waals surface area (Å²) < 4.78 is 59.0. The van der Waals surface area contributed by atoms with Gasteiger partial charge in [-0.2, -0.15) is 18.1 Å². The molecule has 17 heteroatoms. The van der Waals surface area contributed by atoms with Crippen LogP contribution in [0.1, 0.15) is 70.7 Å². The van der Waals surface area contributed by atoms with Crippen molar-refractivity contribution in [2.24, 2.45) is 0 Å². The van der Waals surface area contributed by atoms with Gasteiger partial charge in [0.15, 0.2) is 17.4 Å². The van der Waals surface area contributed by atoms with E-state index in [4.69, 9.17) is 14.0 Å². The Balaban J connectivity index is 1.25. The number of fused-ring (bicyclic) bond motifs is 2. The van der Waals surface area contributed by atoms with Crippen molar-refractivity contribution in [1.29, 1.82) is 0 Å². The normalized spacial score (nSPS) is 18.1. The number of ether oxygens (including phenoxy) is 2. The molecule has 0 saturated heterocycles. The number of carbonyl (C=O) groups excluding carboxylic acids is 2. The van der Waals surface area contributed by atoms with Crippen LogP contribution < -0.4 is 20.3 Å². The summed E-state index contributed by atoms with van der Waals surface area (Å²) in [6.07, 6.45) is -2.50. The predicted molar refractivity (Wildman–Crippen MR) is 168 cm³/mol. The van der Waals surface area contributed by atoms with E-state index in [-0.39, 0.29) is 48.1 Å². The van der Waals surface area contributed by atoms with E-state index in [0.717, 1.165) is 18.9 Å². The van der Waals surface area contributed by atoms with Crippen LogP contribution in [-0.4, -0.2) is 60.9 Å². The first kappa shape index (κ1) is 32.2. The third kappa shape index (κ3) is 5.76. The van der Waals surface area contributed by atoms with Gasteiger partial charge in [-0.1, -0.05) is 11.2 Å². The van der Waals surface area contributed by atoms with Crippen molar-refractivity contribution in [3.63, 3.8) is 0 Å². The highest BCUT2D eigenvalue weighted by molar-refractivity contribution is 6.15. The van der Waals surface area contributed by atoms with Crippen LogP contribution in [0.25, 0.3) is 22.2 Å². The van der Waals surface area contributed by atoms with Gasteiger partial charge in [-0.25, -0.2) is 24.4 Å². The molecule has 49 heavy (non-hydrogen) atoms. The number of amides is 4. The van der Waals surface area contributed by atoms with E-state index in [0.29, 0.717) is 44.8 Å². The average molecular weight is 684 g/mol. The van der Waals surface area contributed by atoms with Crippen LogP contribution in [0.2, 0.25) is 0 Å². The van der Waals surface area contributed by atoms with E-state index < -0.39 is 35.4 Å².